The van der Waals surface area contributed by atoms with Crippen LogP contribution in [0.4, 0.5) is 0 Å². The molecule has 0 aromatic heterocycles. The van der Waals surface area contributed by atoms with E-state index in [1.165, 1.54) is 23.9 Å². The monoisotopic (exact) mass is 488 g/mol. The predicted molar refractivity (Wildman–Crippen MR) is 121 cm³/mol. The van der Waals surface area contributed by atoms with Crippen LogP contribution >= 0.6 is 15.9 Å². The smallest absolute Gasteiger partial charge is 0.276 e. The molecule has 8 heteroatoms. The molecule has 0 saturated carbocycles. The van der Waals surface area contributed by atoms with Crippen LogP contribution in [0.15, 0.2) is 81.2 Å². The molecule has 156 valence electrons. The maximum atomic E-state index is 12.2. The first kappa shape index (κ1) is 21.9. The number of aryl methyl sites for hydroxylation is 1. The quantitative estimate of drug-likeness (QED) is 0.369. The average molecular weight is 489 g/mol. The van der Waals surface area contributed by atoms with Crippen LogP contribution in [0.1, 0.15) is 16.7 Å². The van der Waals surface area contributed by atoms with E-state index in [0.29, 0.717) is 28.1 Å². The summed E-state index contributed by atoms with van der Waals surface area (Å²) >= 11 is 3.49. The number of ether oxygens (including phenoxy) is 2. The molecule has 0 aliphatic heterocycles. The second-order valence-corrected chi connectivity index (χ2v) is 8.99. The molecular formula is C22H21BrN2O4S. The number of sulfonamides is 1. The summed E-state index contributed by atoms with van der Waals surface area (Å²) in [6.07, 6.45) is 1.40. The van der Waals surface area contributed by atoms with Crippen LogP contribution in [0.3, 0.4) is 0 Å². The van der Waals surface area contributed by atoms with Crippen molar-refractivity contribution in [3.8, 4) is 11.5 Å². The summed E-state index contributed by atoms with van der Waals surface area (Å²) in [7, 11) is -2.18. The molecule has 3 rings (SSSR count). The Labute approximate surface area is 184 Å². The van der Waals surface area contributed by atoms with E-state index in [9.17, 15) is 8.42 Å². The van der Waals surface area contributed by atoms with Gasteiger partial charge in [0.1, 0.15) is 6.61 Å². The first-order valence-electron chi connectivity index (χ1n) is 9.05. The molecule has 30 heavy (non-hydrogen) atoms. The van der Waals surface area contributed by atoms with Crippen molar-refractivity contribution < 1.29 is 17.9 Å². The molecule has 0 atom stereocenters. The summed E-state index contributed by atoms with van der Waals surface area (Å²) < 4.78 is 36.5. The largest absolute Gasteiger partial charge is 0.493 e. The fourth-order valence-electron chi connectivity index (χ4n) is 2.62. The Morgan fingerprint density at radius 1 is 1.07 bits per heavy atom. The predicted octanol–water partition coefficient (Wildman–Crippen LogP) is 4.66. The van der Waals surface area contributed by atoms with Crippen molar-refractivity contribution in [3.05, 3.63) is 87.9 Å². The summed E-state index contributed by atoms with van der Waals surface area (Å²) in [5.74, 6) is 1.06. The van der Waals surface area contributed by atoms with Crippen LogP contribution in [-0.2, 0) is 16.6 Å². The van der Waals surface area contributed by atoms with E-state index >= 15 is 0 Å². The van der Waals surface area contributed by atoms with Gasteiger partial charge in [-0.05, 0) is 58.2 Å². The van der Waals surface area contributed by atoms with E-state index in [0.717, 1.165) is 5.56 Å². The highest BCUT2D eigenvalue weighted by Crippen LogP contribution is 2.36. The van der Waals surface area contributed by atoms with Gasteiger partial charge in [-0.25, -0.2) is 4.83 Å². The minimum Gasteiger partial charge on any atom is -0.493 e. The Bertz CT molecular complexity index is 1130. The second kappa shape index (κ2) is 9.77. The van der Waals surface area contributed by atoms with Gasteiger partial charge >= 0.3 is 0 Å². The number of hydrogen-bond donors (Lipinski definition) is 1. The molecule has 3 aromatic carbocycles. The molecule has 0 heterocycles. The van der Waals surface area contributed by atoms with Gasteiger partial charge in [0.2, 0.25) is 0 Å². The number of rotatable bonds is 8. The molecule has 0 fully saturated rings. The molecule has 0 amide bonds. The summed E-state index contributed by atoms with van der Waals surface area (Å²) in [5.41, 5.74) is 2.86. The number of hydrazone groups is 1. The van der Waals surface area contributed by atoms with Crippen molar-refractivity contribution in [2.45, 2.75) is 18.4 Å². The van der Waals surface area contributed by atoms with Gasteiger partial charge in [-0.2, -0.15) is 13.5 Å². The minimum absolute atomic E-state index is 0.140. The highest BCUT2D eigenvalue weighted by molar-refractivity contribution is 9.10. The van der Waals surface area contributed by atoms with Gasteiger partial charge in [0.25, 0.3) is 10.0 Å². The molecule has 0 saturated heterocycles. The zero-order valence-electron chi connectivity index (χ0n) is 16.5. The SMILES string of the molecule is COc1cc(/C=N\NS(=O)(=O)c2ccccc2)cc(Br)c1OCc1ccc(C)cc1. The van der Waals surface area contributed by atoms with Crippen LogP contribution in [0.2, 0.25) is 0 Å². The molecule has 0 bridgehead atoms. The highest BCUT2D eigenvalue weighted by atomic mass is 79.9. The average Bonchev–Trinajstić information content (AvgIpc) is 2.74. The maximum absolute atomic E-state index is 12.2. The molecule has 0 spiro atoms. The van der Waals surface area contributed by atoms with E-state index in [1.807, 2.05) is 31.2 Å². The standard InChI is InChI=1S/C22H21BrN2O4S/c1-16-8-10-17(11-9-16)15-29-22-20(23)12-18(13-21(22)28-2)14-24-25-30(26,27)19-6-4-3-5-7-19/h3-14,25H,15H2,1-2H3/b24-14-. The van der Waals surface area contributed by atoms with E-state index < -0.39 is 10.0 Å². The lowest BCUT2D eigenvalue weighted by molar-refractivity contribution is 0.282. The molecular weight excluding hydrogens is 468 g/mol. The number of hydrogen-bond acceptors (Lipinski definition) is 5. The topological polar surface area (TPSA) is 77.0 Å². The Kier molecular flexibility index (Phi) is 7.12. The molecule has 6 nitrogen and oxygen atoms in total. The van der Waals surface area contributed by atoms with Gasteiger partial charge < -0.3 is 9.47 Å². The van der Waals surface area contributed by atoms with Crippen LogP contribution in [0, 0.1) is 6.92 Å². The van der Waals surface area contributed by atoms with Crippen molar-refractivity contribution in [3.63, 3.8) is 0 Å². The van der Waals surface area contributed by atoms with E-state index in [4.69, 9.17) is 9.47 Å². The molecule has 1 N–H and O–H groups in total. The number of halogens is 1. The van der Waals surface area contributed by atoms with E-state index in [-0.39, 0.29) is 4.90 Å². The molecule has 0 aliphatic rings. The van der Waals surface area contributed by atoms with Crippen molar-refractivity contribution in [1.82, 2.24) is 4.83 Å². The maximum Gasteiger partial charge on any atom is 0.276 e. The Morgan fingerprint density at radius 3 is 2.43 bits per heavy atom. The van der Waals surface area contributed by atoms with Crippen molar-refractivity contribution in [1.29, 1.82) is 0 Å². The molecule has 0 radical (unpaired) electrons. The summed E-state index contributed by atoms with van der Waals surface area (Å²) in [4.78, 5) is 2.34. The van der Waals surface area contributed by atoms with Crippen LogP contribution in [0.25, 0.3) is 0 Å². The third kappa shape index (κ3) is 5.61. The highest BCUT2D eigenvalue weighted by Gasteiger charge is 2.13. The van der Waals surface area contributed by atoms with Gasteiger partial charge in [0.05, 0.1) is 22.7 Å². The lowest BCUT2D eigenvalue weighted by Crippen LogP contribution is -2.18. The Hall–Kier alpha value is -2.84. The lowest BCUT2D eigenvalue weighted by atomic mass is 10.2. The fraction of sp³-hybridized carbons (Fsp3) is 0.136. The Balaban J connectivity index is 1.73. The third-order valence-corrected chi connectivity index (χ3v) is 6.02. The van der Waals surface area contributed by atoms with Crippen molar-refractivity contribution >= 4 is 32.2 Å². The van der Waals surface area contributed by atoms with Crippen molar-refractivity contribution in [2.75, 3.05) is 7.11 Å². The second-order valence-electron chi connectivity index (χ2n) is 6.47. The summed E-state index contributed by atoms with van der Waals surface area (Å²) in [5, 5.41) is 3.86. The zero-order chi connectivity index (χ0) is 21.6. The van der Waals surface area contributed by atoms with E-state index in [1.54, 1.807) is 37.4 Å². The summed E-state index contributed by atoms with van der Waals surface area (Å²) in [6.45, 7) is 2.42. The molecule has 0 aliphatic carbocycles. The minimum atomic E-state index is -3.72. The van der Waals surface area contributed by atoms with Gasteiger partial charge in [0.15, 0.2) is 11.5 Å². The Morgan fingerprint density at radius 2 is 1.77 bits per heavy atom. The number of methoxy groups -OCH3 is 1. The van der Waals surface area contributed by atoms with E-state index in [2.05, 4.69) is 25.9 Å². The summed E-state index contributed by atoms with van der Waals surface area (Å²) in [6, 6.07) is 19.6. The van der Waals surface area contributed by atoms with Gasteiger partial charge in [-0.15, -0.1) is 0 Å². The zero-order valence-corrected chi connectivity index (χ0v) is 18.9. The van der Waals surface area contributed by atoms with Crippen LogP contribution < -0.4 is 14.3 Å². The fourth-order valence-corrected chi connectivity index (χ4v) is 4.00. The van der Waals surface area contributed by atoms with Crippen molar-refractivity contribution in [2.24, 2.45) is 5.10 Å². The number of benzene rings is 3. The van der Waals surface area contributed by atoms with Gasteiger partial charge in [0, 0.05) is 0 Å². The third-order valence-electron chi connectivity index (χ3n) is 4.20. The first-order valence-corrected chi connectivity index (χ1v) is 11.3. The molecule has 3 aromatic rings. The lowest BCUT2D eigenvalue weighted by Gasteiger charge is -2.13. The molecule has 0 unspecified atom stereocenters. The van der Waals surface area contributed by atoms with Crippen LogP contribution in [-0.4, -0.2) is 21.7 Å². The van der Waals surface area contributed by atoms with Crippen LogP contribution in [0.5, 0.6) is 11.5 Å². The first-order chi connectivity index (χ1) is 14.4. The number of nitrogens with zero attached hydrogens (tertiary/aromatic N) is 1. The normalized spacial score (nSPS) is 11.4. The number of nitrogens with one attached hydrogen (secondary N) is 1. The van der Waals surface area contributed by atoms with Gasteiger partial charge in [-0.3, -0.25) is 0 Å². The van der Waals surface area contributed by atoms with Gasteiger partial charge in [-0.1, -0.05) is 48.0 Å².